The molecule has 0 aromatic carbocycles. The van der Waals surface area contributed by atoms with E-state index in [9.17, 15) is 15.0 Å². The van der Waals surface area contributed by atoms with Gasteiger partial charge in [-0.2, -0.15) is 0 Å². The number of ketones is 1. The van der Waals surface area contributed by atoms with Crippen LogP contribution in [0.25, 0.3) is 0 Å². The summed E-state index contributed by atoms with van der Waals surface area (Å²) in [6.07, 6.45) is 2.58. The van der Waals surface area contributed by atoms with Gasteiger partial charge in [0.2, 0.25) is 0 Å². The smallest absolute Gasteiger partial charge is 0.135 e. The second kappa shape index (κ2) is 15.5. The number of aliphatic hydroxyl groups excluding tert-OH is 2. The van der Waals surface area contributed by atoms with Gasteiger partial charge in [-0.3, -0.25) is 4.79 Å². The van der Waals surface area contributed by atoms with Crippen LogP contribution in [0, 0.1) is 11.8 Å². The van der Waals surface area contributed by atoms with Crippen molar-refractivity contribution >= 4 is 5.78 Å². The average molecular weight is 719 g/mol. The summed E-state index contributed by atoms with van der Waals surface area (Å²) in [5.74, 6) is 0.0776. The Morgan fingerprint density at radius 2 is 1.53 bits per heavy atom. The van der Waals surface area contributed by atoms with Crippen molar-refractivity contribution < 1.29 is 57.6 Å². The van der Waals surface area contributed by atoms with Gasteiger partial charge in [0.1, 0.15) is 42.4 Å². The number of methoxy groups -OCH3 is 1. The molecule has 2 N–H and O–H groups in total. The van der Waals surface area contributed by atoms with Gasteiger partial charge in [-0.1, -0.05) is 20.1 Å². The van der Waals surface area contributed by atoms with Crippen LogP contribution in [0.3, 0.4) is 0 Å². The van der Waals surface area contributed by atoms with Crippen molar-refractivity contribution in [3.05, 3.63) is 24.3 Å². The van der Waals surface area contributed by atoms with Crippen LogP contribution >= 0.6 is 0 Å². The molecule has 0 aliphatic carbocycles. The Morgan fingerprint density at radius 3 is 2.35 bits per heavy atom. The molecule has 286 valence electrons. The molecule has 0 spiro atoms. The van der Waals surface area contributed by atoms with E-state index in [2.05, 4.69) is 20.1 Å². The first-order chi connectivity index (χ1) is 24.7. The molecule has 0 unspecified atom stereocenters. The molecule has 10 fully saturated rings. The quantitative estimate of drug-likeness (QED) is 0.413. The second-order valence-corrected chi connectivity index (χ2v) is 16.5. The summed E-state index contributed by atoms with van der Waals surface area (Å²) in [5.41, 5.74) is 2.16. The van der Waals surface area contributed by atoms with Gasteiger partial charge >= 0.3 is 0 Å². The van der Waals surface area contributed by atoms with Crippen molar-refractivity contribution in [1.29, 1.82) is 0 Å². The van der Waals surface area contributed by atoms with Crippen molar-refractivity contribution in [2.45, 2.75) is 175 Å². The molecule has 11 bridgehead atoms. The summed E-state index contributed by atoms with van der Waals surface area (Å²) in [4.78, 5) is 13.9. The molecule has 0 aromatic heterocycles. The summed E-state index contributed by atoms with van der Waals surface area (Å²) in [7, 11) is 1.62. The predicted molar refractivity (Wildman–Crippen MR) is 182 cm³/mol. The van der Waals surface area contributed by atoms with Gasteiger partial charge in [-0.05, 0) is 62.0 Å². The Kier molecular flexibility index (Phi) is 11.1. The molecule has 0 radical (unpaired) electrons. The number of hydrogen-bond acceptors (Lipinski definition) is 12. The highest BCUT2D eigenvalue weighted by Gasteiger charge is 2.61. The summed E-state index contributed by atoms with van der Waals surface area (Å²) in [5, 5.41) is 20.0. The van der Waals surface area contributed by atoms with Crippen LogP contribution in [0.15, 0.2) is 24.3 Å². The van der Waals surface area contributed by atoms with Crippen molar-refractivity contribution in [1.82, 2.24) is 0 Å². The number of carbonyl (C=O) groups excluding carboxylic acids is 1. The Labute approximate surface area is 301 Å². The molecule has 10 aliphatic rings. The summed E-state index contributed by atoms with van der Waals surface area (Å²) in [6, 6.07) is 0. The molecule has 10 aliphatic heterocycles. The zero-order valence-electron chi connectivity index (χ0n) is 30.2. The number of rotatable bonds is 4. The number of hydrogen-bond donors (Lipinski definition) is 2. The maximum Gasteiger partial charge on any atom is 0.135 e. The van der Waals surface area contributed by atoms with E-state index >= 15 is 0 Å². The van der Waals surface area contributed by atoms with Gasteiger partial charge in [-0.25, -0.2) is 0 Å². The highest BCUT2D eigenvalue weighted by molar-refractivity contribution is 5.79. The first-order valence-corrected chi connectivity index (χ1v) is 19.5. The van der Waals surface area contributed by atoms with Crippen LogP contribution in [-0.2, 0) is 47.4 Å². The predicted octanol–water partition coefficient (Wildman–Crippen LogP) is 2.98. The molecule has 10 saturated heterocycles. The lowest BCUT2D eigenvalue weighted by atomic mass is 9.81. The third-order valence-electron chi connectivity index (χ3n) is 13.1. The van der Waals surface area contributed by atoms with Crippen molar-refractivity contribution in [2.24, 2.45) is 11.8 Å². The van der Waals surface area contributed by atoms with E-state index < -0.39 is 18.3 Å². The summed E-state index contributed by atoms with van der Waals surface area (Å²) < 4.78 is 58.5. The number of ether oxygens (including phenoxy) is 9. The van der Waals surface area contributed by atoms with E-state index in [0.717, 1.165) is 49.7 Å². The number of Topliss-reactive ketones (excluding diaryl/α,β-unsaturated/α-hetero) is 1. The lowest BCUT2D eigenvalue weighted by Crippen LogP contribution is -2.62. The Morgan fingerprint density at radius 1 is 0.765 bits per heavy atom. The fourth-order valence-electron chi connectivity index (χ4n) is 10.4. The lowest BCUT2D eigenvalue weighted by molar-refractivity contribution is -0.283. The molecule has 0 aromatic rings. The minimum Gasteiger partial charge on any atom is -0.394 e. The van der Waals surface area contributed by atoms with Gasteiger partial charge < -0.3 is 52.8 Å². The van der Waals surface area contributed by atoms with E-state index in [0.29, 0.717) is 26.1 Å². The zero-order chi connectivity index (χ0) is 35.4. The zero-order valence-corrected chi connectivity index (χ0v) is 30.2. The summed E-state index contributed by atoms with van der Waals surface area (Å²) in [6.45, 7) is 11.6. The molecule has 51 heavy (non-hydrogen) atoms. The Balaban J connectivity index is 1.04. The second-order valence-electron chi connectivity index (χ2n) is 16.5. The molecule has 12 heteroatoms. The standard InChI is InChI=1S/C39H58O12/c1-19-11-24-5-7-28-20(2)12-26(46-28)9-10-44-35-33-18-45-37-36-29(50-38(35)39(37)51-33)8-6-25(48-36)13-22(41)14-27-31(16-30(47-24)21(19)3)49-32(34(27)43-4)15-23(42)17-40/h19,23-40,42H,2-3,5-18H2,1,4H3/t19-,23+,24+,25-,26+,27+,28+,29+,30-,31+,32-,33-,34-,35-,36+,37+,38+,39+/m1/s1. The molecule has 18 atom stereocenters. The average Bonchev–Trinajstić information content (AvgIpc) is 3.74. The van der Waals surface area contributed by atoms with E-state index in [4.69, 9.17) is 42.6 Å². The highest BCUT2D eigenvalue weighted by atomic mass is 16.7. The number of carbonyl (C=O) groups is 1. The monoisotopic (exact) mass is 718 g/mol. The first kappa shape index (κ1) is 36.7. The van der Waals surface area contributed by atoms with Crippen LogP contribution in [0.5, 0.6) is 0 Å². The molecule has 0 amide bonds. The molecular weight excluding hydrogens is 660 g/mol. The van der Waals surface area contributed by atoms with E-state index in [1.807, 2.05) is 0 Å². The molecule has 12 nitrogen and oxygen atoms in total. The largest absolute Gasteiger partial charge is 0.394 e. The Bertz CT molecular complexity index is 1280. The molecule has 0 saturated carbocycles. The van der Waals surface area contributed by atoms with Gasteiger partial charge in [0.25, 0.3) is 0 Å². The van der Waals surface area contributed by atoms with E-state index in [-0.39, 0.29) is 123 Å². The minimum atomic E-state index is -0.950. The van der Waals surface area contributed by atoms with Crippen LogP contribution in [0.1, 0.15) is 77.6 Å². The minimum absolute atomic E-state index is 0.0188. The highest BCUT2D eigenvalue weighted by Crippen LogP contribution is 2.45. The fraction of sp³-hybridized carbons (Fsp3) is 0.872. The lowest BCUT2D eigenvalue weighted by Gasteiger charge is -2.48. The van der Waals surface area contributed by atoms with Gasteiger partial charge in [0, 0.05) is 45.3 Å². The van der Waals surface area contributed by atoms with Gasteiger partial charge in [-0.15, -0.1) is 0 Å². The van der Waals surface area contributed by atoms with Crippen molar-refractivity contribution in [3.63, 3.8) is 0 Å². The fourth-order valence-corrected chi connectivity index (χ4v) is 10.4. The molecular formula is C39H58O12. The van der Waals surface area contributed by atoms with Crippen molar-refractivity contribution in [3.8, 4) is 0 Å². The van der Waals surface area contributed by atoms with Crippen LogP contribution in [-0.4, -0.2) is 141 Å². The molecule has 10 rings (SSSR count). The first-order valence-electron chi connectivity index (χ1n) is 19.5. The van der Waals surface area contributed by atoms with E-state index in [1.54, 1.807) is 7.11 Å². The van der Waals surface area contributed by atoms with Crippen LogP contribution in [0.4, 0.5) is 0 Å². The SMILES string of the molecule is C=C1C[C@@H]2CCO[C@H]3[C@@H]4O[C@H]5CC[C@H](CC(=O)C[C@@H]6[C@@H](OC)[C@@H](C[C@H](O)CO)O[C@H]6C[C@H]6O[C@@H](CC[C@@H]1O2)C[C@@H](C)C6=C)O[C@@H]5[C@@H]1OC[C@H]3O[C@@H]14. The molecule has 10 heterocycles. The number of fused-ring (bicyclic) bond motifs is 2. The van der Waals surface area contributed by atoms with Crippen molar-refractivity contribution in [2.75, 3.05) is 26.9 Å². The van der Waals surface area contributed by atoms with E-state index in [1.165, 1.54) is 0 Å². The van der Waals surface area contributed by atoms with Gasteiger partial charge in [0.05, 0.1) is 74.3 Å². The number of aliphatic hydroxyl groups is 2. The topological polar surface area (TPSA) is 141 Å². The maximum atomic E-state index is 13.9. The third kappa shape index (κ3) is 7.42. The Hall–Kier alpha value is -1.29. The van der Waals surface area contributed by atoms with Gasteiger partial charge in [0.15, 0.2) is 0 Å². The summed E-state index contributed by atoms with van der Waals surface area (Å²) >= 11 is 0. The van der Waals surface area contributed by atoms with Crippen LogP contribution < -0.4 is 0 Å². The normalized spacial score (nSPS) is 49.6. The van der Waals surface area contributed by atoms with Crippen LogP contribution in [0.2, 0.25) is 0 Å². The third-order valence-corrected chi connectivity index (χ3v) is 13.1. The maximum absolute atomic E-state index is 13.9.